The first-order chi connectivity index (χ1) is 7.20. The molecule has 1 fully saturated rings. The van der Waals surface area contributed by atoms with Crippen LogP contribution in [0.25, 0.3) is 0 Å². The van der Waals surface area contributed by atoms with Crippen LogP contribution in [0.5, 0.6) is 0 Å². The maximum absolute atomic E-state index is 9.41. The normalized spacial score (nSPS) is 20.3. The molecule has 0 aromatic heterocycles. The number of aliphatic hydroxyl groups excluding tert-OH is 1. The molecule has 1 aromatic carbocycles. The molecular formula is C11H13N3O. The van der Waals surface area contributed by atoms with Crippen LogP contribution in [0, 0.1) is 11.3 Å². The Labute approximate surface area is 88.5 Å². The molecule has 1 aliphatic rings. The number of nitrogen functional groups attached to an aromatic ring is 1. The van der Waals surface area contributed by atoms with Gasteiger partial charge in [-0.1, -0.05) is 0 Å². The Morgan fingerprint density at radius 3 is 2.87 bits per heavy atom. The Morgan fingerprint density at radius 2 is 2.33 bits per heavy atom. The number of nitrogens with zero attached hydrogens (tertiary/aromatic N) is 2. The van der Waals surface area contributed by atoms with Crippen molar-refractivity contribution in [1.82, 2.24) is 0 Å². The van der Waals surface area contributed by atoms with Crippen molar-refractivity contribution in [2.24, 2.45) is 0 Å². The van der Waals surface area contributed by atoms with E-state index in [9.17, 15) is 5.11 Å². The van der Waals surface area contributed by atoms with Crippen LogP contribution in [0.1, 0.15) is 12.0 Å². The fourth-order valence-electron chi connectivity index (χ4n) is 1.82. The minimum atomic E-state index is -0.248. The second-order valence-corrected chi connectivity index (χ2v) is 3.77. The molecule has 0 amide bonds. The lowest BCUT2D eigenvalue weighted by molar-refractivity contribution is 0.198. The third-order valence-corrected chi connectivity index (χ3v) is 2.68. The molecule has 1 saturated heterocycles. The summed E-state index contributed by atoms with van der Waals surface area (Å²) >= 11 is 0. The highest BCUT2D eigenvalue weighted by molar-refractivity contribution is 5.63. The number of rotatable bonds is 1. The van der Waals surface area contributed by atoms with Crippen molar-refractivity contribution in [3.8, 4) is 6.07 Å². The molecule has 0 bridgehead atoms. The lowest BCUT2D eigenvalue weighted by Crippen LogP contribution is -2.21. The van der Waals surface area contributed by atoms with Gasteiger partial charge in [0, 0.05) is 18.8 Å². The molecular weight excluding hydrogens is 190 g/mol. The lowest BCUT2D eigenvalue weighted by atomic mass is 10.1. The molecule has 1 aliphatic heterocycles. The smallest absolute Gasteiger partial charge is 0.101 e. The summed E-state index contributed by atoms with van der Waals surface area (Å²) in [6.45, 7) is 1.48. The Kier molecular flexibility index (Phi) is 2.48. The van der Waals surface area contributed by atoms with Crippen molar-refractivity contribution in [2.45, 2.75) is 12.5 Å². The SMILES string of the molecule is N#Cc1ccc(N2CCC(O)C2)cc1N. The van der Waals surface area contributed by atoms with Gasteiger partial charge in [-0.15, -0.1) is 0 Å². The van der Waals surface area contributed by atoms with Gasteiger partial charge in [0.05, 0.1) is 17.4 Å². The van der Waals surface area contributed by atoms with E-state index in [2.05, 4.69) is 4.90 Å². The third kappa shape index (κ3) is 1.88. The summed E-state index contributed by atoms with van der Waals surface area (Å²) in [6.07, 6.45) is 0.543. The zero-order valence-corrected chi connectivity index (χ0v) is 8.35. The number of benzene rings is 1. The predicted octanol–water partition coefficient (Wildman–Crippen LogP) is 0.711. The van der Waals surface area contributed by atoms with Gasteiger partial charge in [0.25, 0.3) is 0 Å². The van der Waals surface area contributed by atoms with Crippen LogP contribution in [0.15, 0.2) is 18.2 Å². The standard InChI is InChI=1S/C11H13N3O/c12-6-8-1-2-9(5-11(8)13)14-4-3-10(15)7-14/h1-2,5,10,15H,3-4,7,13H2. The molecule has 0 spiro atoms. The van der Waals surface area contributed by atoms with E-state index in [0.717, 1.165) is 18.7 Å². The van der Waals surface area contributed by atoms with E-state index in [1.165, 1.54) is 0 Å². The molecule has 78 valence electrons. The van der Waals surface area contributed by atoms with Crippen LogP contribution in [-0.2, 0) is 0 Å². The molecule has 3 N–H and O–H groups in total. The fraction of sp³-hybridized carbons (Fsp3) is 0.364. The molecule has 1 aromatic rings. The lowest BCUT2D eigenvalue weighted by Gasteiger charge is -2.18. The van der Waals surface area contributed by atoms with Crippen LogP contribution in [0.3, 0.4) is 0 Å². The van der Waals surface area contributed by atoms with E-state index in [4.69, 9.17) is 11.0 Å². The molecule has 0 saturated carbocycles. The Balaban J connectivity index is 2.24. The highest BCUT2D eigenvalue weighted by atomic mass is 16.3. The fourth-order valence-corrected chi connectivity index (χ4v) is 1.82. The average molecular weight is 203 g/mol. The zero-order valence-electron chi connectivity index (χ0n) is 8.35. The molecule has 4 nitrogen and oxygen atoms in total. The molecule has 1 atom stereocenters. The maximum atomic E-state index is 9.41. The summed E-state index contributed by atoms with van der Waals surface area (Å²) in [4.78, 5) is 2.07. The van der Waals surface area contributed by atoms with Crippen LogP contribution < -0.4 is 10.6 Å². The van der Waals surface area contributed by atoms with Crippen LogP contribution in [-0.4, -0.2) is 24.3 Å². The number of hydrogen-bond donors (Lipinski definition) is 2. The molecule has 15 heavy (non-hydrogen) atoms. The predicted molar refractivity (Wildman–Crippen MR) is 58.4 cm³/mol. The topological polar surface area (TPSA) is 73.3 Å². The summed E-state index contributed by atoms with van der Waals surface area (Å²) < 4.78 is 0. The van der Waals surface area contributed by atoms with Gasteiger partial charge in [-0.05, 0) is 24.6 Å². The van der Waals surface area contributed by atoms with Crippen molar-refractivity contribution >= 4 is 11.4 Å². The summed E-state index contributed by atoms with van der Waals surface area (Å²) in [7, 11) is 0. The minimum absolute atomic E-state index is 0.248. The Morgan fingerprint density at radius 1 is 1.53 bits per heavy atom. The van der Waals surface area contributed by atoms with E-state index in [0.29, 0.717) is 17.8 Å². The summed E-state index contributed by atoms with van der Waals surface area (Å²) in [5.74, 6) is 0. The first kappa shape index (κ1) is 9.81. The minimum Gasteiger partial charge on any atom is -0.398 e. The number of nitriles is 1. The highest BCUT2D eigenvalue weighted by Crippen LogP contribution is 2.24. The zero-order chi connectivity index (χ0) is 10.8. The highest BCUT2D eigenvalue weighted by Gasteiger charge is 2.20. The molecule has 0 radical (unpaired) electrons. The molecule has 1 heterocycles. The second kappa shape index (κ2) is 3.79. The first-order valence-electron chi connectivity index (χ1n) is 4.93. The van der Waals surface area contributed by atoms with Crippen molar-refractivity contribution in [3.63, 3.8) is 0 Å². The monoisotopic (exact) mass is 203 g/mol. The van der Waals surface area contributed by atoms with Crippen molar-refractivity contribution in [3.05, 3.63) is 23.8 Å². The van der Waals surface area contributed by atoms with Crippen LogP contribution in [0.2, 0.25) is 0 Å². The van der Waals surface area contributed by atoms with Gasteiger partial charge < -0.3 is 15.7 Å². The van der Waals surface area contributed by atoms with Crippen molar-refractivity contribution < 1.29 is 5.11 Å². The summed E-state index contributed by atoms with van der Waals surface area (Å²) in [5, 5.41) is 18.1. The number of β-amino-alcohol motifs (C(OH)–C–C–N with tert-alkyl or cyclic N) is 1. The van der Waals surface area contributed by atoms with Gasteiger partial charge in [0.15, 0.2) is 0 Å². The maximum Gasteiger partial charge on any atom is 0.101 e. The van der Waals surface area contributed by atoms with Gasteiger partial charge >= 0.3 is 0 Å². The summed E-state index contributed by atoms with van der Waals surface area (Å²) in [6, 6.07) is 7.40. The van der Waals surface area contributed by atoms with Gasteiger partial charge in [0.2, 0.25) is 0 Å². The van der Waals surface area contributed by atoms with Crippen molar-refractivity contribution in [2.75, 3.05) is 23.7 Å². The second-order valence-electron chi connectivity index (χ2n) is 3.77. The van der Waals surface area contributed by atoms with Crippen molar-refractivity contribution in [1.29, 1.82) is 5.26 Å². The summed E-state index contributed by atoms with van der Waals surface area (Å²) in [5.41, 5.74) is 7.69. The van der Waals surface area contributed by atoms with Gasteiger partial charge in [-0.2, -0.15) is 5.26 Å². The number of hydrogen-bond acceptors (Lipinski definition) is 4. The van der Waals surface area contributed by atoms with Gasteiger partial charge in [0.1, 0.15) is 6.07 Å². The first-order valence-corrected chi connectivity index (χ1v) is 4.93. The largest absolute Gasteiger partial charge is 0.398 e. The molecule has 1 unspecified atom stereocenters. The van der Waals surface area contributed by atoms with Gasteiger partial charge in [-0.3, -0.25) is 0 Å². The molecule has 2 rings (SSSR count). The third-order valence-electron chi connectivity index (χ3n) is 2.68. The molecule has 0 aliphatic carbocycles. The number of aliphatic hydroxyl groups is 1. The van der Waals surface area contributed by atoms with Gasteiger partial charge in [-0.25, -0.2) is 0 Å². The van der Waals surface area contributed by atoms with Crippen LogP contribution >= 0.6 is 0 Å². The van der Waals surface area contributed by atoms with E-state index in [1.807, 2.05) is 12.1 Å². The van der Waals surface area contributed by atoms with Crippen LogP contribution in [0.4, 0.5) is 11.4 Å². The van der Waals surface area contributed by atoms with E-state index >= 15 is 0 Å². The number of nitrogens with two attached hydrogens (primary N) is 1. The number of anilines is 2. The quantitative estimate of drug-likeness (QED) is 0.659. The average Bonchev–Trinajstić information content (AvgIpc) is 2.65. The molecule has 4 heteroatoms. The van der Waals surface area contributed by atoms with E-state index in [1.54, 1.807) is 12.1 Å². The Hall–Kier alpha value is -1.73. The van der Waals surface area contributed by atoms with E-state index < -0.39 is 0 Å². The Bertz CT molecular complexity index is 411. The van der Waals surface area contributed by atoms with E-state index in [-0.39, 0.29) is 6.10 Å².